The molecule has 0 heterocycles. The van der Waals surface area contributed by atoms with Gasteiger partial charge in [-0.3, -0.25) is 9.59 Å². The Balaban J connectivity index is 3.36. The lowest BCUT2D eigenvalue weighted by Crippen LogP contribution is -2.45. The van der Waals surface area contributed by atoms with E-state index in [-0.39, 0.29) is 18.5 Å². The molecule has 1 amide bonds. The number of allylic oxidation sites excluding steroid dienone is 1. The van der Waals surface area contributed by atoms with Crippen LogP contribution in [-0.2, 0) is 14.3 Å². The average molecular weight is 1190 g/mol. The number of hydrogen-bond donors (Lipinski definition) is 3. The standard InChI is InChI=1S/C78H153NO5/c1-3-5-7-9-11-13-15-17-19-20-21-22-23-31-34-37-40-43-46-50-54-58-62-66-70-76(81)75(74-80)79-77(82)71-67-63-59-55-51-47-44-41-38-35-32-29-27-25-24-26-28-30-33-36-39-42-45-49-53-57-61-65-69-73-84-78(83)72-68-64-60-56-52-48-18-16-14-12-10-8-6-4-2/h66,70,75-76,80-81H,3-65,67-69,71-74H2,1-2H3,(H,79,82)/b70-66+. The van der Waals surface area contributed by atoms with Gasteiger partial charge in [0.25, 0.3) is 0 Å². The quantitative estimate of drug-likeness (QED) is 0.0320. The summed E-state index contributed by atoms with van der Waals surface area (Å²) in [6.45, 7) is 4.96. The molecule has 0 bridgehead atoms. The lowest BCUT2D eigenvalue weighted by atomic mass is 10.0. The van der Waals surface area contributed by atoms with Crippen molar-refractivity contribution in [1.82, 2.24) is 5.32 Å². The van der Waals surface area contributed by atoms with Crippen LogP contribution in [0.4, 0.5) is 0 Å². The zero-order chi connectivity index (χ0) is 60.6. The fourth-order valence-electron chi connectivity index (χ4n) is 12.6. The van der Waals surface area contributed by atoms with Crippen LogP contribution in [0.2, 0.25) is 0 Å². The Kier molecular flexibility index (Phi) is 72.8. The highest BCUT2D eigenvalue weighted by Gasteiger charge is 2.18. The van der Waals surface area contributed by atoms with Gasteiger partial charge in [-0.1, -0.05) is 418 Å². The van der Waals surface area contributed by atoms with Crippen LogP contribution >= 0.6 is 0 Å². The first-order chi connectivity index (χ1) is 41.5. The molecule has 0 rings (SSSR count). The van der Waals surface area contributed by atoms with Crippen LogP contribution in [0.1, 0.15) is 450 Å². The summed E-state index contributed by atoms with van der Waals surface area (Å²) in [5, 5.41) is 23.3. The summed E-state index contributed by atoms with van der Waals surface area (Å²) in [5.41, 5.74) is 0. The number of nitrogens with one attached hydrogen (secondary N) is 1. The van der Waals surface area contributed by atoms with E-state index in [1.807, 2.05) is 6.08 Å². The molecule has 2 atom stereocenters. The van der Waals surface area contributed by atoms with Gasteiger partial charge in [0, 0.05) is 12.8 Å². The van der Waals surface area contributed by atoms with E-state index in [2.05, 4.69) is 19.2 Å². The molecule has 84 heavy (non-hydrogen) atoms. The fraction of sp³-hybridized carbons (Fsp3) is 0.949. The van der Waals surface area contributed by atoms with Crippen molar-refractivity contribution in [1.29, 1.82) is 0 Å². The molecular formula is C78H153NO5. The average Bonchev–Trinajstić information content (AvgIpc) is 3.51. The SMILES string of the molecule is CCCCCCCCCCCCCCCCCCCCCCCC/C=C/C(O)C(CO)NC(=O)CCCCCCCCCCCCCCCCCCCCCCCCCCCCCCCOC(=O)CCCCCCCCCCCCCCCC. The third-order valence-corrected chi connectivity index (χ3v) is 18.6. The zero-order valence-electron chi connectivity index (χ0n) is 57.4. The Morgan fingerprint density at radius 2 is 0.548 bits per heavy atom. The molecule has 0 aromatic carbocycles. The van der Waals surface area contributed by atoms with E-state index in [0.29, 0.717) is 19.4 Å². The maximum absolute atomic E-state index is 12.6. The predicted octanol–water partition coefficient (Wildman–Crippen LogP) is 25.5. The first kappa shape index (κ1) is 82.6. The monoisotopic (exact) mass is 1180 g/mol. The van der Waals surface area contributed by atoms with E-state index in [9.17, 15) is 19.8 Å². The summed E-state index contributed by atoms with van der Waals surface area (Å²) >= 11 is 0. The number of rotatable bonds is 74. The molecule has 3 N–H and O–H groups in total. The molecule has 0 spiro atoms. The van der Waals surface area contributed by atoms with Crippen molar-refractivity contribution < 1.29 is 24.5 Å². The van der Waals surface area contributed by atoms with Crippen LogP contribution in [0.3, 0.4) is 0 Å². The minimum Gasteiger partial charge on any atom is -0.466 e. The molecule has 0 radical (unpaired) electrons. The van der Waals surface area contributed by atoms with Gasteiger partial charge in [-0.05, 0) is 32.1 Å². The van der Waals surface area contributed by atoms with Crippen LogP contribution in [-0.4, -0.2) is 47.4 Å². The van der Waals surface area contributed by atoms with Gasteiger partial charge < -0.3 is 20.3 Å². The van der Waals surface area contributed by atoms with Crippen molar-refractivity contribution >= 4 is 11.9 Å². The number of hydrogen-bond acceptors (Lipinski definition) is 5. The fourth-order valence-corrected chi connectivity index (χ4v) is 12.6. The van der Waals surface area contributed by atoms with Gasteiger partial charge in [0.2, 0.25) is 5.91 Å². The second-order valence-electron chi connectivity index (χ2n) is 27.1. The molecule has 0 aliphatic carbocycles. The lowest BCUT2D eigenvalue weighted by Gasteiger charge is -2.20. The van der Waals surface area contributed by atoms with Crippen LogP contribution in [0.25, 0.3) is 0 Å². The zero-order valence-corrected chi connectivity index (χ0v) is 57.4. The lowest BCUT2D eigenvalue weighted by molar-refractivity contribution is -0.143. The normalized spacial score (nSPS) is 12.5. The Morgan fingerprint density at radius 1 is 0.321 bits per heavy atom. The number of carbonyl (C=O) groups excluding carboxylic acids is 2. The Hall–Kier alpha value is -1.40. The predicted molar refractivity (Wildman–Crippen MR) is 370 cm³/mol. The first-order valence-electron chi connectivity index (χ1n) is 39.0. The molecule has 0 aromatic rings. The summed E-state index contributed by atoms with van der Waals surface area (Å²) < 4.78 is 5.50. The van der Waals surface area contributed by atoms with E-state index in [0.717, 1.165) is 38.5 Å². The van der Waals surface area contributed by atoms with E-state index >= 15 is 0 Å². The number of carbonyl (C=O) groups is 2. The third-order valence-electron chi connectivity index (χ3n) is 18.6. The highest BCUT2D eigenvalue weighted by atomic mass is 16.5. The molecular weight excluding hydrogens is 1030 g/mol. The van der Waals surface area contributed by atoms with Crippen molar-refractivity contribution in [3.05, 3.63) is 12.2 Å². The van der Waals surface area contributed by atoms with Gasteiger partial charge in [0.1, 0.15) is 0 Å². The third kappa shape index (κ3) is 69.7. The molecule has 0 aliphatic heterocycles. The molecule has 2 unspecified atom stereocenters. The van der Waals surface area contributed by atoms with Crippen LogP contribution in [0, 0.1) is 0 Å². The first-order valence-corrected chi connectivity index (χ1v) is 39.0. The highest BCUT2D eigenvalue weighted by molar-refractivity contribution is 5.76. The summed E-state index contributed by atoms with van der Waals surface area (Å²) in [5.74, 6) is -0.0361. The van der Waals surface area contributed by atoms with E-state index < -0.39 is 12.1 Å². The molecule has 500 valence electrons. The van der Waals surface area contributed by atoms with Gasteiger partial charge in [-0.2, -0.15) is 0 Å². The Morgan fingerprint density at radius 3 is 0.810 bits per heavy atom. The summed E-state index contributed by atoms with van der Waals surface area (Å²) in [6, 6.07) is -0.626. The van der Waals surface area contributed by atoms with Gasteiger partial charge in [0.15, 0.2) is 0 Å². The number of ether oxygens (including phenoxy) is 1. The molecule has 0 saturated heterocycles. The molecule has 0 aromatic heterocycles. The molecule has 0 fully saturated rings. The maximum atomic E-state index is 12.6. The molecule has 6 heteroatoms. The van der Waals surface area contributed by atoms with Crippen molar-refractivity contribution in [3.63, 3.8) is 0 Å². The second-order valence-corrected chi connectivity index (χ2v) is 27.1. The smallest absolute Gasteiger partial charge is 0.305 e. The number of aliphatic hydroxyl groups excluding tert-OH is 2. The van der Waals surface area contributed by atoms with Crippen LogP contribution < -0.4 is 5.32 Å². The van der Waals surface area contributed by atoms with Crippen molar-refractivity contribution in [3.8, 4) is 0 Å². The van der Waals surface area contributed by atoms with E-state index in [1.54, 1.807) is 6.08 Å². The van der Waals surface area contributed by atoms with Gasteiger partial charge >= 0.3 is 5.97 Å². The topological polar surface area (TPSA) is 95.9 Å². The van der Waals surface area contributed by atoms with Crippen molar-refractivity contribution in [2.45, 2.75) is 463 Å². The Bertz CT molecular complexity index is 1270. The number of esters is 1. The van der Waals surface area contributed by atoms with Gasteiger partial charge in [-0.25, -0.2) is 0 Å². The maximum Gasteiger partial charge on any atom is 0.305 e. The van der Waals surface area contributed by atoms with Crippen LogP contribution in [0.5, 0.6) is 0 Å². The number of amides is 1. The largest absolute Gasteiger partial charge is 0.466 e. The summed E-state index contributed by atoms with van der Waals surface area (Å²) in [6.07, 6.45) is 93.3. The minimum absolute atomic E-state index is 0.0227. The Labute approximate surface area is 527 Å². The second kappa shape index (κ2) is 74.1. The number of aliphatic hydroxyl groups is 2. The molecule has 6 nitrogen and oxygen atoms in total. The summed E-state index contributed by atoms with van der Waals surface area (Å²) in [7, 11) is 0. The van der Waals surface area contributed by atoms with Gasteiger partial charge in [-0.15, -0.1) is 0 Å². The molecule has 0 saturated carbocycles. The minimum atomic E-state index is -0.843. The van der Waals surface area contributed by atoms with E-state index in [1.165, 1.54) is 385 Å². The molecule has 0 aliphatic rings. The van der Waals surface area contributed by atoms with Crippen molar-refractivity contribution in [2.75, 3.05) is 13.2 Å². The van der Waals surface area contributed by atoms with E-state index in [4.69, 9.17) is 4.74 Å². The van der Waals surface area contributed by atoms with Gasteiger partial charge in [0.05, 0.1) is 25.4 Å². The highest BCUT2D eigenvalue weighted by Crippen LogP contribution is 2.20. The van der Waals surface area contributed by atoms with Crippen molar-refractivity contribution in [2.24, 2.45) is 0 Å². The summed E-state index contributed by atoms with van der Waals surface area (Å²) in [4.78, 5) is 24.6. The van der Waals surface area contributed by atoms with Crippen LogP contribution in [0.15, 0.2) is 12.2 Å². The number of unbranched alkanes of at least 4 members (excludes halogenated alkanes) is 63.